The molecule has 0 aliphatic carbocycles. The molecule has 0 saturated carbocycles. The summed E-state index contributed by atoms with van der Waals surface area (Å²) in [5.74, 6) is 0.284. The van der Waals surface area contributed by atoms with Crippen LogP contribution in [0.3, 0.4) is 0 Å². The predicted molar refractivity (Wildman–Crippen MR) is 76.4 cm³/mol. The number of aromatic nitrogens is 3. The van der Waals surface area contributed by atoms with Crippen LogP contribution in [-0.2, 0) is 0 Å². The molecule has 0 spiro atoms. The number of carbonyl (C=O) groups is 1. The summed E-state index contributed by atoms with van der Waals surface area (Å²) in [5.41, 5.74) is 2.03. The Morgan fingerprint density at radius 3 is 2.86 bits per heavy atom. The maximum Gasteiger partial charge on any atom is 0.273 e. The van der Waals surface area contributed by atoms with Crippen molar-refractivity contribution in [2.75, 3.05) is 0 Å². The van der Waals surface area contributed by atoms with E-state index in [9.17, 15) is 4.79 Å². The average molecular weight is 282 g/mol. The first-order valence-corrected chi connectivity index (χ1v) is 6.55. The zero-order chi connectivity index (χ0) is 14.7. The van der Waals surface area contributed by atoms with E-state index in [2.05, 4.69) is 20.7 Å². The Morgan fingerprint density at radius 1 is 1.33 bits per heavy atom. The summed E-state index contributed by atoms with van der Waals surface area (Å²) in [6, 6.07) is 11.0. The zero-order valence-electron chi connectivity index (χ0n) is 11.4. The standard InChI is InChI=1S/C15H14N4O2/c1-10(12-8-16-17-9-12)18-15(20)13-7-14(21-19-13)11-5-3-2-4-6-11/h2-10H,1H3,(H,16,17)(H,18,20). The highest BCUT2D eigenvalue weighted by atomic mass is 16.5. The topological polar surface area (TPSA) is 83.8 Å². The van der Waals surface area contributed by atoms with E-state index in [1.807, 2.05) is 37.3 Å². The Balaban J connectivity index is 1.73. The molecule has 1 unspecified atom stereocenters. The van der Waals surface area contributed by atoms with Gasteiger partial charge in [0.05, 0.1) is 12.2 Å². The molecular formula is C15H14N4O2. The third kappa shape index (κ3) is 2.84. The van der Waals surface area contributed by atoms with E-state index in [-0.39, 0.29) is 17.6 Å². The molecule has 0 bridgehead atoms. The van der Waals surface area contributed by atoms with Gasteiger partial charge in [0, 0.05) is 23.4 Å². The quantitative estimate of drug-likeness (QED) is 0.770. The number of hydrogen-bond acceptors (Lipinski definition) is 4. The number of aromatic amines is 1. The highest BCUT2D eigenvalue weighted by Gasteiger charge is 2.16. The van der Waals surface area contributed by atoms with Crippen LogP contribution in [0.25, 0.3) is 11.3 Å². The maximum atomic E-state index is 12.1. The molecule has 2 aromatic heterocycles. The lowest BCUT2D eigenvalue weighted by atomic mass is 10.1. The lowest BCUT2D eigenvalue weighted by molar-refractivity contribution is 0.0931. The molecule has 0 radical (unpaired) electrons. The Morgan fingerprint density at radius 2 is 2.14 bits per heavy atom. The maximum absolute atomic E-state index is 12.1. The molecule has 1 amide bonds. The predicted octanol–water partition coefficient (Wildman–Crippen LogP) is 2.56. The molecule has 2 heterocycles. The van der Waals surface area contributed by atoms with Crippen LogP contribution in [-0.4, -0.2) is 21.3 Å². The van der Waals surface area contributed by atoms with Crippen molar-refractivity contribution in [1.29, 1.82) is 0 Å². The number of benzene rings is 1. The van der Waals surface area contributed by atoms with Gasteiger partial charge in [-0.25, -0.2) is 0 Å². The van der Waals surface area contributed by atoms with Crippen LogP contribution in [0.1, 0.15) is 29.0 Å². The first-order valence-electron chi connectivity index (χ1n) is 6.55. The summed E-state index contributed by atoms with van der Waals surface area (Å²) in [6.07, 6.45) is 3.41. The van der Waals surface area contributed by atoms with Crippen LogP contribution < -0.4 is 5.32 Å². The zero-order valence-corrected chi connectivity index (χ0v) is 11.4. The fraction of sp³-hybridized carbons (Fsp3) is 0.133. The van der Waals surface area contributed by atoms with Crippen LogP contribution in [0.15, 0.2) is 53.3 Å². The molecule has 106 valence electrons. The first kappa shape index (κ1) is 13.1. The second kappa shape index (κ2) is 5.62. The molecule has 3 aromatic rings. The summed E-state index contributed by atoms with van der Waals surface area (Å²) in [5, 5.41) is 13.2. The number of amides is 1. The highest BCUT2D eigenvalue weighted by molar-refractivity contribution is 5.93. The van der Waals surface area contributed by atoms with Gasteiger partial charge in [-0.15, -0.1) is 0 Å². The van der Waals surface area contributed by atoms with E-state index in [4.69, 9.17) is 4.52 Å². The van der Waals surface area contributed by atoms with Gasteiger partial charge in [0.25, 0.3) is 5.91 Å². The van der Waals surface area contributed by atoms with Gasteiger partial charge >= 0.3 is 0 Å². The van der Waals surface area contributed by atoms with Crippen LogP contribution in [0.4, 0.5) is 0 Å². The van der Waals surface area contributed by atoms with Crippen LogP contribution in [0.2, 0.25) is 0 Å². The second-order valence-electron chi connectivity index (χ2n) is 4.67. The van der Waals surface area contributed by atoms with Crippen molar-refractivity contribution >= 4 is 5.91 Å². The Bertz CT molecular complexity index is 719. The van der Waals surface area contributed by atoms with Gasteiger partial charge < -0.3 is 9.84 Å². The van der Waals surface area contributed by atoms with E-state index < -0.39 is 0 Å². The van der Waals surface area contributed by atoms with E-state index in [1.54, 1.807) is 18.5 Å². The molecule has 6 heteroatoms. The largest absolute Gasteiger partial charge is 0.355 e. The molecule has 6 nitrogen and oxygen atoms in total. The summed E-state index contributed by atoms with van der Waals surface area (Å²) >= 11 is 0. The number of rotatable bonds is 4. The molecule has 1 aromatic carbocycles. The minimum absolute atomic E-state index is 0.159. The summed E-state index contributed by atoms with van der Waals surface area (Å²) < 4.78 is 5.21. The average Bonchev–Trinajstić information content (AvgIpc) is 3.20. The van der Waals surface area contributed by atoms with Gasteiger partial charge in [-0.05, 0) is 6.92 Å². The Kier molecular flexibility index (Phi) is 3.51. The monoisotopic (exact) mass is 282 g/mol. The van der Waals surface area contributed by atoms with Gasteiger partial charge in [0.2, 0.25) is 0 Å². The number of nitrogens with one attached hydrogen (secondary N) is 2. The minimum Gasteiger partial charge on any atom is -0.355 e. The van der Waals surface area contributed by atoms with Crippen molar-refractivity contribution in [3.63, 3.8) is 0 Å². The minimum atomic E-state index is -0.283. The third-order valence-corrected chi connectivity index (χ3v) is 3.17. The number of H-pyrrole nitrogens is 1. The molecule has 2 N–H and O–H groups in total. The lowest BCUT2D eigenvalue weighted by Gasteiger charge is -2.09. The summed E-state index contributed by atoms with van der Waals surface area (Å²) in [4.78, 5) is 12.1. The normalized spacial score (nSPS) is 12.0. The van der Waals surface area contributed by atoms with Gasteiger partial charge in [0.15, 0.2) is 11.5 Å². The summed E-state index contributed by atoms with van der Waals surface area (Å²) in [7, 11) is 0. The molecule has 0 aliphatic rings. The van der Waals surface area contributed by atoms with E-state index in [1.165, 1.54) is 0 Å². The van der Waals surface area contributed by atoms with E-state index in [0.717, 1.165) is 11.1 Å². The highest BCUT2D eigenvalue weighted by Crippen LogP contribution is 2.20. The van der Waals surface area contributed by atoms with Gasteiger partial charge in [0.1, 0.15) is 0 Å². The SMILES string of the molecule is CC(NC(=O)c1cc(-c2ccccc2)on1)c1cn[nH]c1. The Hall–Kier alpha value is -2.89. The Labute approximate surface area is 121 Å². The van der Waals surface area contributed by atoms with Gasteiger partial charge in [-0.1, -0.05) is 35.5 Å². The molecule has 0 saturated heterocycles. The van der Waals surface area contributed by atoms with Crippen molar-refractivity contribution in [2.24, 2.45) is 0 Å². The van der Waals surface area contributed by atoms with Crippen molar-refractivity contribution < 1.29 is 9.32 Å². The van der Waals surface area contributed by atoms with Crippen molar-refractivity contribution in [3.05, 3.63) is 60.0 Å². The van der Waals surface area contributed by atoms with Crippen molar-refractivity contribution in [3.8, 4) is 11.3 Å². The number of carbonyl (C=O) groups excluding carboxylic acids is 1. The number of hydrogen-bond donors (Lipinski definition) is 2. The van der Waals surface area contributed by atoms with Crippen molar-refractivity contribution in [1.82, 2.24) is 20.7 Å². The van der Waals surface area contributed by atoms with Crippen LogP contribution in [0.5, 0.6) is 0 Å². The fourth-order valence-electron chi connectivity index (χ4n) is 1.97. The molecular weight excluding hydrogens is 268 g/mol. The molecule has 1 atom stereocenters. The van der Waals surface area contributed by atoms with Gasteiger partial charge in [-0.3, -0.25) is 9.89 Å². The third-order valence-electron chi connectivity index (χ3n) is 3.17. The first-order chi connectivity index (χ1) is 10.2. The second-order valence-corrected chi connectivity index (χ2v) is 4.67. The van der Waals surface area contributed by atoms with E-state index >= 15 is 0 Å². The van der Waals surface area contributed by atoms with Crippen LogP contribution in [0, 0.1) is 0 Å². The molecule has 0 fully saturated rings. The smallest absolute Gasteiger partial charge is 0.273 e. The van der Waals surface area contributed by atoms with Crippen LogP contribution >= 0.6 is 0 Å². The van der Waals surface area contributed by atoms with Gasteiger partial charge in [-0.2, -0.15) is 5.10 Å². The fourth-order valence-corrected chi connectivity index (χ4v) is 1.97. The lowest BCUT2D eigenvalue weighted by Crippen LogP contribution is -2.26. The summed E-state index contributed by atoms with van der Waals surface area (Å²) in [6.45, 7) is 1.88. The molecule has 3 rings (SSSR count). The van der Waals surface area contributed by atoms with E-state index in [0.29, 0.717) is 5.76 Å². The molecule has 21 heavy (non-hydrogen) atoms. The van der Waals surface area contributed by atoms with Crippen molar-refractivity contribution in [2.45, 2.75) is 13.0 Å². The number of nitrogens with zero attached hydrogens (tertiary/aromatic N) is 2. The molecule has 0 aliphatic heterocycles.